The third kappa shape index (κ3) is 1.40. The maximum absolute atomic E-state index is 2.70. The standard InChI is InChI=1S/C11H22N2/c1-4-12-7-5-11(9-12)6-8-13(11)10(2)3/h10H,4-9H2,1-3H3. The Kier molecular flexibility index (Phi) is 2.37. The molecule has 13 heavy (non-hydrogen) atoms. The van der Waals surface area contributed by atoms with E-state index in [2.05, 4.69) is 30.6 Å². The van der Waals surface area contributed by atoms with E-state index in [4.69, 9.17) is 0 Å². The normalized spacial score (nSPS) is 36.0. The predicted molar refractivity (Wildman–Crippen MR) is 55.9 cm³/mol. The molecule has 2 saturated heterocycles. The van der Waals surface area contributed by atoms with E-state index in [1.54, 1.807) is 0 Å². The van der Waals surface area contributed by atoms with Crippen molar-refractivity contribution in [3.05, 3.63) is 0 Å². The molecule has 1 unspecified atom stereocenters. The molecule has 1 spiro atoms. The molecule has 0 N–H and O–H groups in total. The van der Waals surface area contributed by atoms with Gasteiger partial charge in [0.25, 0.3) is 0 Å². The minimum Gasteiger partial charge on any atom is -0.302 e. The van der Waals surface area contributed by atoms with Gasteiger partial charge in [-0.3, -0.25) is 4.90 Å². The van der Waals surface area contributed by atoms with Crippen molar-refractivity contribution in [3.63, 3.8) is 0 Å². The lowest BCUT2D eigenvalue weighted by Gasteiger charge is -2.53. The van der Waals surface area contributed by atoms with Gasteiger partial charge in [0.05, 0.1) is 0 Å². The fraction of sp³-hybridized carbons (Fsp3) is 1.00. The molecule has 0 aromatic carbocycles. The molecule has 0 aromatic heterocycles. The van der Waals surface area contributed by atoms with Gasteiger partial charge in [-0.2, -0.15) is 0 Å². The van der Waals surface area contributed by atoms with Gasteiger partial charge in [0, 0.05) is 31.2 Å². The first-order valence-electron chi connectivity index (χ1n) is 5.67. The number of likely N-dealkylation sites (tertiary alicyclic amines) is 2. The first-order valence-corrected chi connectivity index (χ1v) is 5.67. The molecule has 2 heterocycles. The molecule has 0 radical (unpaired) electrons. The Morgan fingerprint density at radius 2 is 1.92 bits per heavy atom. The summed E-state index contributed by atoms with van der Waals surface area (Å²) in [6, 6.07) is 0.741. The van der Waals surface area contributed by atoms with Crippen LogP contribution < -0.4 is 0 Å². The average Bonchev–Trinajstić information content (AvgIpc) is 2.46. The number of hydrogen-bond donors (Lipinski definition) is 0. The number of nitrogens with zero attached hydrogens (tertiary/aromatic N) is 2. The molecule has 2 nitrogen and oxygen atoms in total. The Morgan fingerprint density at radius 3 is 2.31 bits per heavy atom. The lowest BCUT2D eigenvalue weighted by molar-refractivity contribution is -0.0317. The molecular formula is C11H22N2. The third-order valence-electron chi connectivity index (χ3n) is 3.91. The number of hydrogen-bond acceptors (Lipinski definition) is 2. The number of rotatable bonds is 2. The summed E-state index contributed by atoms with van der Waals surface area (Å²) >= 11 is 0. The molecule has 2 heteroatoms. The predicted octanol–water partition coefficient (Wildman–Crippen LogP) is 1.56. The Bertz CT molecular complexity index is 191. The van der Waals surface area contributed by atoms with E-state index in [1.165, 1.54) is 39.0 Å². The van der Waals surface area contributed by atoms with Crippen molar-refractivity contribution in [2.75, 3.05) is 26.2 Å². The van der Waals surface area contributed by atoms with Crippen LogP contribution in [0.15, 0.2) is 0 Å². The third-order valence-corrected chi connectivity index (χ3v) is 3.91. The second-order valence-corrected chi connectivity index (χ2v) is 4.88. The Hall–Kier alpha value is -0.0800. The summed E-state index contributed by atoms with van der Waals surface area (Å²) in [6.07, 6.45) is 2.83. The molecule has 2 fully saturated rings. The SMILES string of the molecule is CCN1CCC2(CCN2C(C)C)C1. The van der Waals surface area contributed by atoms with Crippen LogP contribution >= 0.6 is 0 Å². The molecule has 0 amide bonds. The van der Waals surface area contributed by atoms with Gasteiger partial charge in [0.1, 0.15) is 0 Å². The van der Waals surface area contributed by atoms with Gasteiger partial charge in [-0.25, -0.2) is 0 Å². The first kappa shape index (κ1) is 9.47. The highest BCUT2D eigenvalue weighted by atomic mass is 15.3. The first-order chi connectivity index (χ1) is 6.18. The molecule has 76 valence electrons. The van der Waals surface area contributed by atoms with E-state index in [-0.39, 0.29) is 0 Å². The van der Waals surface area contributed by atoms with Crippen LogP contribution in [-0.4, -0.2) is 47.6 Å². The molecule has 0 aliphatic carbocycles. The maximum atomic E-state index is 2.70. The zero-order chi connectivity index (χ0) is 9.47. The summed E-state index contributed by atoms with van der Waals surface area (Å²) < 4.78 is 0. The lowest BCUT2D eigenvalue weighted by atomic mass is 9.82. The molecule has 0 aromatic rings. The van der Waals surface area contributed by atoms with Crippen LogP contribution in [0.5, 0.6) is 0 Å². The van der Waals surface area contributed by atoms with E-state index in [0.717, 1.165) is 6.04 Å². The quantitative estimate of drug-likeness (QED) is 0.639. The van der Waals surface area contributed by atoms with E-state index < -0.39 is 0 Å². The van der Waals surface area contributed by atoms with Gasteiger partial charge >= 0.3 is 0 Å². The van der Waals surface area contributed by atoms with Crippen LogP contribution in [0.1, 0.15) is 33.6 Å². The molecule has 2 aliphatic rings. The summed E-state index contributed by atoms with van der Waals surface area (Å²) in [5.74, 6) is 0. The lowest BCUT2D eigenvalue weighted by Crippen LogP contribution is -2.63. The van der Waals surface area contributed by atoms with Crippen LogP contribution in [0.2, 0.25) is 0 Å². The average molecular weight is 182 g/mol. The van der Waals surface area contributed by atoms with Crippen LogP contribution in [0, 0.1) is 0 Å². The van der Waals surface area contributed by atoms with Crippen LogP contribution in [0.3, 0.4) is 0 Å². The van der Waals surface area contributed by atoms with Crippen LogP contribution in [-0.2, 0) is 0 Å². The van der Waals surface area contributed by atoms with E-state index in [0.29, 0.717) is 5.54 Å². The largest absolute Gasteiger partial charge is 0.302 e. The van der Waals surface area contributed by atoms with Crippen LogP contribution in [0.4, 0.5) is 0 Å². The second-order valence-electron chi connectivity index (χ2n) is 4.88. The van der Waals surface area contributed by atoms with E-state index >= 15 is 0 Å². The van der Waals surface area contributed by atoms with Crippen molar-refractivity contribution >= 4 is 0 Å². The zero-order valence-electron chi connectivity index (χ0n) is 9.21. The highest BCUT2D eigenvalue weighted by Gasteiger charge is 2.49. The molecule has 2 aliphatic heterocycles. The van der Waals surface area contributed by atoms with E-state index in [9.17, 15) is 0 Å². The summed E-state index contributed by atoms with van der Waals surface area (Å²) in [6.45, 7) is 12.1. The smallest absolute Gasteiger partial charge is 0.0363 e. The summed E-state index contributed by atoms with van der Waals surface area (Å²) in [4.78, 5) is 5.29. The van der Waals surface area contributed by atoms with Crippen molar-refractivity contribution in [1.29, 1.82) is 0 Å². The van der Waals surface area contributed by atoms with Crippen molar-refractivity contribution in [1.82, 2.24) is 9.80 Å². The topological polar surface area (TPSA) is 6.48 Å². The fourth-order valence-corrected chi connectivity index (χ4v) is 3.01. The highest BCUT2D eigenvalue weighted by Crippen LogP contribution is 2.40. The van der Waals surface area contributed by atoms with E-state index in [1.807, 2.05) is 0 Å². The van der Waals surface area contributed by atoms with Gasteiger partial charge < -0.3 is 4.90 Å². The molecular weight excluding hydrogens is 160 g/mol. The Morgan fingerprint density at radius 1 is 1.23 bits per heavy atom. The molecule has 0 saturated carbocycles. The summed E-state index contributed by atoms with van der Waals surface area (Å²) in [5, 5.41) is 0. The van der Waals surface area contributed by atoms with Crippen molar-refractivity contribution in [3.8, 4) is 0 Å². The zero-order valence-corrected chi connectivity index (χ0v) is 9.21. The second kappa shape index (κ2) is 3.25. The molecule has 0 bridgehead atoms. The Labute approximate surface area is 81.9 Å². The minimum atomic E-state index is 0.587. The minimum absolute atomic E-state index is 0.587. The van der Waals surface area contributed by atoms with Gasteiger partial charge in [-0.05, 0) is 33.2 Å². The van der Waals surface area contributed by atoms with Gasteiger partial charge in [-0.15, -0.1) is 0 Å². The van der Waals surface area contributed by atoms with Crippen molar-refractivity contribution in [2.24, 2.45) is 0 Å². The van der Waals surface area contributed by atoms with Gasteiger partial charge in [-0.1, -0.05) is 6.92 Å². The van der Waals surface area contributed by atoms with Gasteiger partial charge in [0.2, 0.25) is 0 Å². The Balaban J connectivity index is 1.99. The number of likely N-dealkylation sites (N-methyl/N-ethyl adjacent to an activating group) is 1. The van der Waals surface area contributed by atoms with Gasteiger partial charge in [0.15, 0.2) is 0 Å². The van der Waals surface area contributed by atoms with Crippen molar-refractivity contribution in [2.45, 2.75) is 45.2 Å². The monoisotopic (exact) mass is 182 g/mol. The molecule has 1 atom stereocenters. The van der Waals surface area contributed by atoms with Crippen molar-refractivity contribution < 1.29 is 0 Å². The fourth-order valence-electron chi connectivity index (χ4n) is 3.01. The van der Waals surface area contributed by atoms with Crippen LogP contribution in [0.25, 0.3) is 0 Å². The summed E-state index contributed by atoms with van der Waals surface area (Å²) in [7, 11) is 0. The summed E-state index contributed by atoms with van der Waals surface area (Å²) in [5.41, 5.74) is 0.587. The molecule has 2 rings (SSSR count). The highest BCUT2D eigenvalue weighted by molar-refractivity contribution is 5.06. The maximum Gasteiger partial charge on any atom is 0.0363 e.